The van der Waals surface area contributed by atoms with Crippen molar-refractivity contribution in [2.45, 2.75) is 0 Å². The number of hydrogen-bond acceptors (Lipinski definition) is 3. The van der Waals surface area contributed by atoms with Crippen LogP contribution in [0, 0.1) is 4.77 Å². The van der Waals surface area contributed by atoms with Crippen LogP contribution in [0.4, 0.5) is 0 Å². The summed E-state index contributed by atoms with van der Waals surface area (Å²) in [5, 5.41) is 11.4. The SMILES string of the molecule is S=c1[nH]nc(-c2cccc(Br)c2)n1/N=C\c1ccccc1. The second-order valence-electron chi connectivity index (χ2n) is 4.33. The van der Waals surface area contributed by atoms with Crippen LogP contribution in [0.25, 0.3) is 11.4 Å². The van der Waals surface area contributed by atoms with E-state index in [4.69, 9.17) is 12.2 Å². The largest absolute Gasteiger partial charge is 0.250 e. The number of nitrogens with one attached hydrogen (secondary N) is 1. The molecule has 0 spiro atoms. The topological polar surface area (TPSA) is 46.0 Å². The van der Waals surface area contributed by atoms with Crippen molar-refractivity contribution in [1.29, 1.82) is 0 Å². The summed E-state index contributed by atoms with van der Waals surface area (Å²) in [5.41, 5.74) is 1.93. The lowest BCUT2D eigenvalue weighted by Gasteiger charge is -2.01. The predicted molar refractivity (Wildman–Crippen MR) is 90.0 cm³/mol. The lowest BCUT2D eigenvalue weighted by molar-refractivity contribution is 0.871. The average Bonchev–Trinajstić information content (AvgIpc) is 2.87. The first kappa shape index (κ1) is 13.9. The molecule has 0 aliphatic heterocycles. The molecule has 6 heteroatoms. The highest BCUT2D eigenvalue weighted by molar-refractivity contribution is 9.10. The molecule has 0 amide bonds. The number of rotatable bonds is 3. The van der Waals surface area contributed by atoms with Crippen molar-refractivity contribution in [3.05, 3.63) is 69.4 Å². The molecule has 0 atom stereocenters. The standard InChI is InChI=1S/C15H11BrN4S/c16-13-8-4-7-12(9-13)14-18-19-15(21)20(14)17-10-11-5-2-1-3-6-11/h1-10H,(H,19,21)/b17-10-. The summed E-state index contributed by atoms with van der Waals surface area (Å²) in [6, 6.07) is 17.7. The number of nitrogens with zero attached hydrogens (tertiary/aromatic N) is 3. The quantitative estimate of drug-likeness (QED) is 0.561. The van der Waals surface area contributed by atoms with Crippen LogP contribution in [0.1, 0.15) is 5.56 Å². The number of halogens is 1. The van der Waals surface area contributed by atoms with Gasteiger partial charge in [0, 0.05) is 10.0 Å². The van der Waals surface area contributed by atoms with E-state index in [9.17, 15) is 0 Å². The van der Waals surface area contributed by atoms with E-state index < -0.39 is 0 Å². The second-order valence-corrected chi connectivity index (χ2v) is 5.63. The number of benzene rings is 2. The molecule has 1 heterocycles. The van der Waals surface area contributed by atoms with Gasteiger partial charge in [0.1, 0.15) is 0 Å². The molecular formula is C15H11BrN4S. The van der Waals surface area contributed by atoms with E-state index in [1.54, 1.807) is 10.9 Å². The maximum absolute atomic E-state index is 5.24. The zero-order chi connectivity index (χ0) is 14.7. The molecule has 3 rings (SSSR count). The molecule has 2 aromatic carbocycles. The Morgan fingerprint density at radius 1 is 1.14 bits per heavy atom. The van der Waals surface area contributed by atoms with Crippen molar-refractivity contribution >= 4 is 34.4 Å². The minimum Gasteiger partial charge on any atom is -0.250 e. The van der Waals surface area contributed by atoms with Gasteiger partial charge in [0.2, 0.25) is 4.77 Å². The number of hydrogen-bond donors (Lipinski definition) is 1. The number of aromatic amines is 1. The van der Waals surface area contributed by atoms with Gasteiger partial charge in [-0.2, -0.15) is 14.9 Å². The molecule has 0 saturated heterocycles. The minimum absolute atomic E-state index is 0.456. The molecule has 3 aromatic rings. The Morgan fingerprint density at radius 3 is 2.71 bits per heavy atom. The van der Waals surface area contributed by atoms with Crippen LogP contribution in [-0.2, 0) is 0 Å². The molecule has 104 valence electrons. The third-order valence-electron chi connectivity index (χ3n) is 2.86. The van der Waals surface area contributed by atoms with Crippen molar-refractivity contribution in [2.75, 3.05) is 0 Å². The third-order valence-corrected chi connectivity index (χ3v) is 3.61. The Bertz CT molecular complexity index is 836. The Kier molecular flexibility index (Phi) is 4.08. The molecular weight excluding hydrogens is 348 g/mol. The molecule has 0 bridgehead atoms. The van der Waals surface area contributed by atoms with E-state index in [1.165, 1.54) is 0 Å². The van der Waals surface area contributed by atoms with E-state index in [0.717, 1.165) is 15.6 Å². The van der Waals surface area contributed by atoms with E-state index >= 15 is 0 Å². The van der Waals surface area contributed by atoms with Gasteiger partial charge in [-0.15, -0.1) is 0 Å². The highest BCUT2D eigenvalue weighted by Gasteiger charge is 2.08. The molecule has 0 aliphatic carbocycles. The zero-order valence-corrected chi connectivity index (χ0v) is 13.3. The molecule has 0 aliphatic rings. The van der Waals surface area contributed by atoms with E-state index in [-0.39, 0.29) is 0 Å². The molecule has 0 unspecified atom stereocenters. The lowest BCUT2D eigenvalue weighted by Crippen LogP contribution is -1.95. The van der Waals surface area contributed by atoms with Gasteiger partial charge in [-0.25, -0.2) is 5.10 Å². The summed E-state index contributed by atoms with van der Waals surface area (Å²) >= 11 is 8.70. The fourth-order valence-electron chi connectivity index (χ4n) is 1.88. The third kappa shape index (κ3) is 3.17. The predicted octanol–water partition coefficient (Wildman–Crippen LogP) is 4.25. The Morgan fingerprint density at radius 2 is 1.95 bits per heavy atom. The van der Waals surface area contributed by atoms with Crippen molar-refractivity contribution in [3.63, 3.8) is 0 Å². The average molecular weight is 359 g/mol. The van der Waals surface area contributed by atoms with Gasteiger partial charge in [-0.1, -0.05) is 58.4 Å². The van der Waals surface area contributed by atoms with E-state index in [0.29, 0.717) is 10.6 Å². The first-order valence-electron chi connectivity index (χ1n) is 6.27. The summed E-state index contributed by atoms with van der Waals surface area (Å²) in [6.45, 7) is 0. The highest BCUT2D eigenvalue weighted by atomic mass is 79.9. The van der Waals surface area contributed by atoms with Crippen molar-refractivity contribution < 1.29 is 0 Å². The van der Waals surface area contributed by atoms with Gasteiger partial charge in [0.15, 0.2) is 5.82 Å². The summed E-state index contributed by atoms with van der Waals surface area (Å²) in [4.78, 5) is 0. The fraction of sp³-hybridized carbons (Fsp3) is 0. The zero-order valence-electron chi connectivity index (χ0n) is 10.9. The first-order chi connectivity index (χ1) is 10.2. The summed E-state index contributed by atoms with van der Waals surface area (Å²) < 4.78 is 3.05. The Labute approximate surface area is 135 Å². The van der Waals surface area contributed by atoms with Crippen LogP contribution >= 0.6 is 28.1 Å². The molecule has 1 aromatic heterocycles. The Balaban J connectivity index is 2.02. The number of H-pyrrole nitrogens is 1. The molecule has 0 saturated carbocycles. The van der Waals surface area contributed by atoms with E-state index in [2.05, 4.69) is 31.2 Å². The van der Waals surface area contributed by atoms with Gasteiger partial charge < -0.3 is 0 Å². The molecule has 4 nitrogen and oxygen atoms in total. The number of aromatic nitrogens is 3. The molecule has 21 heavy (non-hydrogen) atoms. The summed E-state index contributed by atoms with van der Waals surface area (Å²) in [6.07, 6.45) is 1.76. The van der Waals surface area contributed by atoms with Gasteiger partial charge in [0.25, 0.3) is 0 Å². The monoisotopic (exact) mass is 358 g/mol. The molecule has 0 fully saturated rings. The van der Waals surface area contributed by atoms with Crippen LogP contribution in [-0.4, -0.2) is 21.1 Å². The second kappa shape index (κ2) is 6.15. The highest BCUT2D eigenvalue weighted by Crippen LogP contribution is 2.21. The van der Waals surface area contributed by atoms with E-state index in [1.807, 2.05) is 54.6 Å². The van der Waals surface area contributed by atoms with Crippen LogP contribution in [0.15, 0.2) is 64.2 Å². The summed E-state index contributed by atoms with van der Waals surface area (Å²) in [5.74, 6) is 0.675. The maximum Gasteiger partial charge on any atom is 0.216 e. The van der Waals surface area contributed by atoms with Crippen LogP contribution in [0.5, 0.6) is 0 Å². The van der Waals surface area contributed by atoms with Crippen molar-refractivity contribution in [2.24, 2.45) is 5.10 Å². The van der Waals surface area contributed by atoms with Gasteiger partial charge >= 0.3 is 0 Å². The molecule has 0 radical (unpaired) electrons. The van der Waals surface area contributed by atoms with Crippen LogP contribution < -0.4 is 0 Å². The van der Waals surface area contributed by atoms with Gasteiger partial charge in [-0.3, -0.25) is 0 Å². The fourth-order valence-corrected chi connectivity index (χ4v) is 2.46. The van der Waals surface area contributed by atoms with Crippen LogP contribution in [0.2, 0.25) is 0 Å². The maximum atomic E-state index is 5.24. The first-order valence-corrected chi connectivity index (χ1v) is 7.47. The lowest BCUT2D eigenvalue weighted by atomic mass is 10.2. The van der Waals surface area contributed by atoms with Crippen LogP contribution in [0.3, 0.4) is 0 Å². The minimum atomic E-state index is 0.456. The summed E-state index contributed by atoms with van der Waals surface area (Å²) in [7, 11) is 0. The van der Waals surface area contributed by atoms with Gasteiger partial charge in [0.05, 0.1) is 6.21 Å². The normalized spacial score (nSPS) is 11.1. The van der Waals surface area contributed by atoms with Crippen molar-refractivity contribution in [1.82, 2.24) is 14.9 Å². The van der Waals surface area contributed by atoms with Gasteiger partial charge in [-0.05, 0) is 29.9 Å². The van der Waals surface area contributed by atoms with Crippen molar-refractivity contribution in [3.8, 4) is 11.4 Å². The smallest absolute Gasteiger partial charge is 0.216 e. The molecule has 1 N–H and O–H groups in total. The Hall–Kier alpha value is -2.05.